The second-order valence-electron chi connectivity index (χ2n) is 6.50. The molecule has 4 aromatic carbocycles. The van der Waals surface area contributed by atoms with Gasteiger partial charge < -0.3 is 0 Å². The molecule has 2 nitrogen and oxygen atoms in total. The Bertz CT molecular complexity index is 990. The minimum atomic E-state index is -1.25. The molecule has 0 aliphatic heterocycles. The van der Waals surface area contributed by atoms with Crippen LogP contribution in [0.2, 0.25) is 0 Å². The summed E-state index contributed by atoms with van der Waals surface area (Å²) in [6.07, 6.45) is 0. The van der Waals surface area contributed by atoms with Crippen molar-refractivity contribution in [3.8, 4) is 0 Å². The van der Waals surface area contributed by atoms with Crippen LogP contribution >= 0.6 is 33.9 Å². The van der Waals surface area contributed by atoms with Crippen molar-refractivity contribution >= 4 is 74.0 Å². The first-order valence-corrected chi connectivity index (χ1v) is 19.1. The van der Waals surface area contributed by atoms with Crippen LogP contribution in [-0.2, 0) is 18.9 Å². The topological polar surface area (TPSA) is 34.1 Å². The van der Waals surface area contributed by atoms with Crippen molar-refractivity contribution in [1.82, 2.24) is 0 Å². The van der Waals surface area contributed by atoms with Crippen molar-refractivity contribution in [3.05, 3.63) is 121 Å². The van der Waals surface area contributed by atoms with Crippen LogP contribution in [0.4, 0.5) is 0 Å². The van der Waals surface area contributed by atoms with E-state index in [1.54, 1.807) is 0 Å². The van der Waals surface area contributed by atoms with Gasteiger partial charge in [0.2, 0.25) is 0 Å². The Kier molecular flexibility index (Phi) is 9.16. The van der Waals surface area contributed by atoms with Crippen LogP contribution in [0.15, 0.2) is 121 Å². The van der Waals surface area contributed by atoms with Gasteiger partial charge in [-0.25, -0.2) is 8.42 Å². The smallest absolute Gasteiger partial charge is 0.122 e. The van der Waals surface area contributed by atoms with Crippen LogP contribution < -0.4 is 21.2 Å². The van der Waals surface area contributed by atoms with Crippen LogP contribution in [0, 0.1) is 0 Å². The molecule has 4 aromatic rings. The van der Waals surface area contributed by atoms with Crippen LogP contribution in [0.3, 0.4) is 0 Å². The first kappa shape index (κ1) is 23.9. The van der Waals surface area contributed by atoms with E-state index >= 15 is 0 Å². The highest BCUT2D eigenvalue weighted by molar-refractivity contribution is 9.32. The Balaban J connectivity index is 1.56. The van der Waals surface area contributed by atoms with Crippen LogP contribution in [-0.4, -0.2) is 8.42 Å². The zero-order chi connectivity index (χ0) is 22.2. The Labute approximate surface area is 202 Å². The summed E-state index contributed by atoms with van der Waals surface area (Å²) in [5.41, 5.74) is 0. The summed E-state index contributed by atoms with van der Waals surface area (Å²) in [7, 11) is -2.20. The molecule has 0 bridgehead atoms. The third-order valence-electron chi connectivity index (χ3n) is 4.41. The van der Waals surface area contributed by atoms with Crippen LogP contribution in [0.1, 0.15) is 0 Å². The summed E-state index contributed by atoms with van der Waals surface area (Å²) in [5, 5.41) is 4.22. The first-order valence-electron chi connectivity index (χ1n) is 9.74. The molecule has 2 atom stereocenters. The molecule has 0 heterocycles. The molecule has 0 saturated carbocycles. The van der Waals surface area contributed by atoms with Crippen LogP contribution in [0.5, 0.6) is 0 Å². The highest BCUT2D eigenvalue weighted by Crippen LogP contribution is 2.54. The minimum absolute atomic E-state index is 1.05. The van der Waals surface area contributed by atoms with Gasteiger partial charge in [0.15, 0.2) is 0 Å². The maximum atomic E-state index is 13.5. The lowest BCUT2D eigenvalue weighted by molar-refractivity contribution is 0.697. The van der Waals surface area contributed by atoms with Crippen molar-refractivity contribution < 1.29 is 8.42 Å². The monoisotopic (exact) mass is 530 g/mol. The SMILES string of the molecule is O=S(SSS(=O)P(c1ccccc1)c1ccccc1)P(c1ccccc1)c1ccccc1. The van der Waals surface area contributed by atoms with Gasteiger partial charge in [0.1, 0.15) is 18.9 Å². The number of hydrogen-bond donors (Lipinski definition) is 0. The van der Waals surface area contributed by atoms with Crippen molar-refractivity contribution in [3.63, 3.8) is 0 Å². The highest BCUT2D eigenvalue weighted by atomic mass is 33.8. The average molecular weight is 531 g/mol. The van der Waals surface area contributed by atoms with Gasteiger partial charge in [-0.3, -0.25) is 0 Å². The fourth-order valence-corrected chi connectivity index (χ4v) is 25.4. The van der Waals surface area contributed by atoms with E-state index in [2.05, 4.69) is 0 Å². The predicted molar refractivity (Wildman–Crippen MR) is 150 cm³/mol. The Morgan fingerprint density at radius 1 is 0.406 bits per heavy atom. The maximum Gasteiger partial charge on any atom is 0.122 e. The lowest BCUT2D eigenvalue weighted by atomic mass is 10.4. The van der Waals surface area contributed by atoms with E-state index in [-0.39, 0.29) is 0 Å². The fourth-order valence-electron chi connectivity index (χ4n) is 3.00. The Hall–Kier alpha value is -1.26. The van der Waals surface area contributed by atoms with E-state index in [1.807, 2.05) is 121 Å². The molecule has 2 unspecified atom stereocenters. The average Bonchev–Trinajstić information content (AvgIpc) is 2.86. The van der Waals surface area contributed by atoms with Crippen molar-refractivity contribution in [2.45, 2.75) is 0 Å². The molecular formula is C24H20O2P2S4. The van der Waals surface area contributed by atoms with E-state index in [1.165, 1.54) is 19.7 Å². The van der Waals surface area contributed by atoms with Gasteiger partial charge in [0.05, 0.1) is 14.2 Å². The summed E-state index contributed by atoms with van der Waals surface area (Å²) < 4.78 is 27.0. The molecule has 0 aromatic heterocycles. The number of rotatable bonds is 9. The lowest BCUT2D eigenvalue weighted by Crippen LogP contribution is -2.14. The molecule has 0 fully saturated rings. The lowest BCUT2D eigenvalue weighted by Gasteiger charge is -2.19. The molecule has 4 rings (SSSR count). The van der Waals surface area contributed by atoms with Crippen molar-refractivity contribution in [2.75, 3.05) is 0 Å². The molecule has 0 spiro atoms. The maximum absolute atomic E-state index is 13.5. The van der Waals surface area contributed by atoms with E-state index in [4.69, 9.17) is 0 Å². The Morgan fingerprint density at radius 2 is 0.625 bits per heavy atom. The van der Waals surface area contributed by atoms with Gasteiger partial charge in [-0.05, 0) is 21.2 Å². The van der Waals surface area contributed by atoms with Gasteiger partial charge in [-0.1, -0.05) is 121 Å². The van der Waals surface area contributed by atoms with E-state index < -0.39 is 33.1 Å². The molecule has 0 N–H and O–H groups in total. The third kappa shape index (κ3) is 6.20. The van der Waals surface area contributed by atoms with E-state index in [0.717, 1.165) is 21.2 Å². The summed E-state index contributed by atoms with van der Waals surface area (Å²) in [6, 6.07) is 39.9. The molecule has 0 aliphatic carbocycles. The molecule has 0 aliphatic rings. The van der Waals surface area contributed by atoms with Gasteiger partial charge >= 0.3 is 0 Å². The molecule has 162 valence electrons. The van der Waals surface area contributed by atoms with Crippen LogP contribution in [0.25, 0.3) is 0 Å². The second kappa shape index (κ2) is 12.3. The van der Waals surface area contributed by atoms with Crippen molar-refractivity contribution in [2.24, 2.45) is 0 Å². The molecule has 32 heavy (non-hydrogen) atoms. The van der Waals surface area contributed by atoms with Gasteiger partial charge in [0, 0.05) is 19.7 Å². The normalized spacial score (nSPS) is 13.2. The quantitative estimate of drug-likeness (QED) is 0.203. The van der Waals surface area contributed by atoms with E-state index in [0.29, 0.717) is 0 Å². The predicted octanol–water partition coefficient (Wildman–Crippen LogP) is 5.79. The molecule has 0 radical (unpaired) electrons. The summed E-state index contributed by atoms with van der Waals surface area (Å²) >= 11 is 0. The zero-order valence-corrected chi connectivity index (χ0v) is 21.9. The zero-order valence-electron chi connectivity index (χ0n) is 16.9. The van der Waals surface area contributed by atoms with Gasteiger partial charge in [0.25, 0.3) is 0 Å². The largest absolute Gasteiger partial charge is 0.242 e. The number of hydrogen-bond acceptors (Lipinski definition) is 4. The first-order chi connectivity index (χ1) is 15.7. The minimum Gasteiger partial charge on any atom is -0.242 e. The van der Waals surface area contributed by atoms with Gasteiger partial charge in [-0.15, -0.1) is 0 Å². The molecular weight excluding hydrogens is 510 g/mol. The highest BCUT2D eigenvalue weighted by Gasteiger charge is 2.27. The van der Waals surface area contributed by atoms with Gasteiger partial charge in [-0.2, -0.15) is 0 Å². The second-order valence-corrected chi connectivity index (χ2v) is 21.6. The fraction of sp³-hybridized carbons (Fsp3) is 0. The van der Waals surface area contributed by atoms with E-state index in [9.17, 15) is 8.42 Å². The Morgan fingerprint density at radius 3 is 0.844 bits per heavy atom. The summed E-state index contributed by atoms with van der Waals surface area (Å²) in [4.78, 5) is 0. The number of benzene rings is 4. The van der Waals surface area contributed by atoms with Crippen molar-refractivity contribution in [1.29, 1.82) is 0 Å². The summed E-state index contributed by atoms with van der Waals surface area (Å²) in [5.74, 6) is 0. The standard InChI is InChI=1S/C24H20O2P2S4/c25-31(27(21-13-5-1-6-14-21)22-15-7-2-8-16-22)29-30-32(26)28(23-17-9-3-10-18-23)24-19-11-4-12-20-24/h1-20H. The molecule has 0 saturated heterocycles. The molecule has 8 heteroatoms. The third-order valence-corrected chi connectivity index (χ3v) is 23.6. The summed E-state index contributed by atoms with van der Waals surface area (Å²) in [6.45, 7) is 0. The molecule has 0 amide bonds.